The van der Waals surface area contributed by atoms with Gasteiger partial charge in [0.25, 0.3) is 0 Å². The van der Waals surface area contributed by atoms with Crippen LogP contribution in [0.25, 0.3) is 74.8 Å². The second-order valence-electron chi connectivity index (χ2n) is 14.4. The van der Waals surface area contributed by atoms with Gasteiger partial charge in [0.15, 0.2) is 11.2 Å². The highest BCUT2D eigenvalue weighted by Gasteiger charge is 2.28. The molecule has 0 radical (unpaired) electrons. The van der Waals surface area contributed by atoms with Crippen molar-refractivity contribution in [2.24, 2.45) is 0 Å². The number of benzene rings is 9. The third-order valence-corrected chi connectivity index (χ3v) is 12.4. The molecule has 0 unspecified atom stereocenters. The first kappa shape index (κ1) is 32.0. The average Bonchev–Trinajstić information content (AvgIpc) is 3.98. The van der Waals surface area contributed by atoms with Crippen molar-refractivity contribution in [3.8, 4) is 0 Å². The summed E-state index contributed by atoms with van der Waals surface area (Å²) in [7, 11) is 0. The number of furan rings is 2. The second-order valence-corrected chi connectivity index (χ2v) is 15.5. The van der Waals surface area contributed by atoms with Gasteiger partial charge >= 0.3 is 0 Å². The lowest BCUT2D eigenvalue weighted by molar-refractivity contribution is 0.668. The fourth-order valence-electron chi connectivity index (χ4n) is 8.76. The van der Waals surface area contributed by atoms with Gasteiger partial charge in [0.05, 0.1) is 32.8 Å². The van der Waals surface area contributed by atoms with Gasteiger partial charge in [0.1, 0.15) is 11.2 Å². The third kappa shape index (κ3) is 4.86. The summed E-state index contributed by atoms with van der Waals surface area (Å²) in [6.07, 6.45) is 0. The smallest absolute Gasteiger partial charge is 0.161 e. The molecule has 0 saturated carbocycles. The Kier molecular flexibility index (Phi) is 7.06. The van der Waals surface area contributed by atoms with E-state index < -0.39 is 0 Å². The first-order valence-corrected chi connectivity index (χ1v) is 20.0. The van der Waals surface area contributed by atoms with Gasteiger partial charge in [-0.2, -0.15) is 0 Å². The van der Waals surface area contributed by atoms with Crippen molar-refractivity contribution in [2.75, 3.05) is 9.80 Å². The minimum absolute atomic E-state index is 0.804. The average molecular weight is 749 g/mol. The largest absolute Gasteiger partial charge is 0.454 e. The van der Waals surface area contributed by atoms with Gasteiger partial charge in [-0.1, -0.05) is 127 Å². The third-order valence-electron chi connectivity index (χ3n) is 11.2. The van der Waals surface area contributed by atoms with Crippen LogP contribution >= 0.6 is 11.3 Å². The number of hydrogen-bond acceptors (Lipinski definition) is 5. The van der Waals surface area contributed by atoms with E-state index in [1.165, 1.54) is 20.2 Å². The fourth-order valence-corrected chi connectivity index (χ4v) is 9.97. The minimum Gasteiger partial charge on any atom is -0.454 e. The van der Waals surface area contributed by atoms with Crippen LogP contribution in [0.15, 0.2) is 203 Å². The molecule has 0 aliphatic rings. The predicted octanol–water partition coefficient (Wildman–Crippen LogP) is 15.9. The first-order chi connectivity index (χ1) is 28.3. The Labute approximate surface area is 331 Å². The zero-order valence-electron chi connectivity index (χ0n) is 30.6. The molecule has 0 bridgehead atoms. The molecule has 0 aliphatic heterocycles. The van der Waals surface area contributed by atoms with Crippen molar-refractivity contribution >= 4 is 120 Å². The maximum atomic E-state index is 7.20. The van der Waals surface area contributed by atoms with Crippen LogP contribution in [0.3, 0.4) is 0 Å². The number of rotatable bonds is 6. The molecule has 12 rings (SSSR count). The molecular formula is C52H32N2O2S. The van der Waals surface area contributed by atoms with E-state index in [4.69, 9.17) is 8.83 Å². The van der Waals surface area contributed by atoms with Crippen molar-refractivity contribution in [1.29, 1.82) is 0 Å². The van der Waals surface area contributed by atoms with Crippen molar-refractivity contribution in [1.82, 2.24) is 0 Å². The molecule has 268 valence electrons. The Morgan fingerprint density at radius 3 is 1.72 bits per heavy atom. The second kappa shape index (κ2) is 12.6. The lowest BCUT2D eigenvalue weighted by Crippen LogP contribution is -2.13. The highest BCUT2D eigenvalue weighted by molar-refractivity contribution is 7.26. The molecule has 0 saturated heterocycles. The molecule has 0 spiro atoms. The Hall–Kier alpha value is -7.34. The van der Waals surface area contributed by atoms with Gasteiger partial charge in [-0.15, -0.1) is 11.3 Å². The molecule has 57 heavy (non-hydrogen) atoms. The zero-order chi connectivity index (χ0) is 37.5. The number of fused-ring (bicyclic) bond motifs is 11. The topological polar surface area (TPSA) is 32.8 Å². The molecule has 9 aromatic carbocycles. The van der Waals surface area contributed by atoms with Crippen molar-refractivity contribution in [2.45, 2.75) is 0 Å². The van der Waals surface area contributed by atoms with Crippen molar-refractivity contribution in [3.05, 3.63) is 194 Å². The SMILES string of the molecule is c1ccc(N(c2ccc(N(c3ccccc3)c3cccc4c3oc3ccccc34)c3c2oc2ccc4ccccc4c23)c2cccc3c2sc2ccccc23)cc1. The van der Waals surface area contributed by atoms with Gasteiger partial charge in [0, 0.05) is 43.0 Å². The Balaban J connectivity index is 1.21. The van der Waals surface area contributed by atoms with Crippen LogP contribution in [0.2, 0.25) is 0 Å². The van der Waals surface area contributed by atoms with E-state index >= 15 is 0 Å². The van der Waals surface area contributed by atoms with Crippen LogP contribution < -0.4 is 9.80 Å². The summed E-state index contributed by atoms with van der Waals surface area (Å²) in [6, 6.07) is 68.7. The van der Waals surface area contributed by atoms with Crippen LogP contribution in [0.5, 0.6) is 0 Å². The number of hydrogen-bond donors (Lipinski definition) is 0. The van der Waals surface area contributed by atoms with Crippen LogP contribution in [-0.4, -0.2) is 0 Å². The van der Waals surface area contributed by atoms with E-state index in [9.17, 15) is 0 Å². The van der Waals surface area contributed by atoms with Crippen LogP contribution in [0.1, 0.15) is 0 Å². The number of para-hydroxylation sites is 4. The number of nitrogens with zero attached hydrogens (tertiary/aromatic N) is 2. The summed E-state index contributed by atoms with van der Waals surface area (Å²) >= 11 is 1.83. The van der Waals surface area contributed by atoms with E-state index in [1.54, 1.807) is 0 Å². The molecule has 4 nitrogen and oxygen atoms in total. The Morgan fingerprint density at radius 2 is 0.912 bits per heavy atom. The minimum atomic E-state index is 0.804. The first-order valence-electron chi connectivity index (χ1n) is 19.2. The zero-order valence-corrected chi connectivity index (χ0v) is 31.4. The van der Waals surface area contributed by atoms with Gasteiger partial charge in [-0.3, -0.25) is 0 Å². The lowest BCUT2D eigenvalue weighted by Gasteiger charge is -2.29. The van der Waals surface area contributed by atoms with Crippen LogP contribution in [0, 0.1) is 0 Å². The summed E-state index contributed by atoms with van der Waals surface area (Å²) in [6.45, 7) is 0. The maximum Gasteiger partial charge on any atom is 0.161 e. The maximum absolute atomic E-state index is 7.20. The van der Waals surface area contributed by atoms with Crippen molar-refractivity contribution in [3.63, 3.8) is 0 Å². The van der Waals surface area contributed by atoms with Crippen molar-refractivity contribution < 1.29 is 8.83 Å². The summed E-state index contributed by atoms with van der Waals surface area (Å²) in [5.74, 6) is 0. The van der Waals surface area contributed by atoms with Gasteiger partial charge in [-0.05, 0) is 77.5 Å². The summed E-state index contributed by atoms with van der Waals surface area (Å²) in [4.78, 5) is 4.72. The monoisotopic (exact) mass is 748 g/mol. The molecule has 12 aromatic rings. The van der Waals surface area contributed by atoms with Crippen LogP contribution in [0.4, 0.5) is 34.1 Å². The lowest BCUT2D eigenvalue weighted by atomic mass is 10.0. The van der Waals surface area contributed by atoms with E-state index in [1.807, 2.05) is 23.5 Å². The normalized spacial score (nSPS) is 11.9. The van der Waals surface area contributed by atoms with E-state index in [2.05, 4.69) is 192 Å². The Morgan fingerprint density at radius 1 is 0.333 bits per heavy atom. The molecule has 5 heteroatoms. The molecule has 3 aromatic heterocycles. The van der Waals surface area contributed by atoms with Gasteiger partial charge < -0.3 is 18.6 Å². The molecule has 3 heterocycles. The Bertz CT molecular complexity index is 3490. The molecule has 0 atom stereocenters. The predicted molar refractivity (Wildman–Crippen MR) is 241 cm³/mol. The number of thiophene rings is 1. The highest BCUT2D eigenvalue weighted by Crippen LogP contribution is 2.52. The van der Waals surface area contributed by atoms with Gasteiger partial charge in [0.2, 0.25) is 0 Å². The fraction of sp³-hybridized carbons (Fsp3) is 0. The standard InChI is InChI=1S/C52H32N2O2S/c1-3-16-34(17-4-1)53(42-25-13-23-39-37-21-9-11-27-45(37)55-50(39)42)41-30-31-43(51-49(41)48-36-20-8-7-15-33(36)29-32-46(48)56-51)54(35-18-5-2-6-19-35)44-26-14-24-40-38-22-10-12-28-47(38)57-52(40)44/h1-32H. The van der Waals surface area contributed by atoms with E-state index in [0.717, 1.165) is 88.8 Å². The quantitative estimate of drug-likeness (QED) is 0.170. The molecule has 0 amide bonds. The summed E-state index contributed by atoms with van der Waals surface area (Å²) < 4.78 is 16.4. The van der Waals surface area contributed by atoms with Crippen LogP contribution in [-0.2, 0) is 0 Å². The molecular weight excluding hydrogens is 717 g/mol. The van der Waals surface area contributed by atoms with E-state index in [-0.39, 0.29) is 0 Å². The summed E-state index contributed by atoms with van der Waals surface area (Å²) in [5.41, 5.74) is 9.41. The summed E-state index contributed by atoms with van der Waals surface area (Å²) in [5, 5.41) is 9.08. The van der Waals surface area contributed by atoms with Gasteiger partial charge in [-0.25, -0.2) is 0 Å². The molecule has 0 aliphatic carbocycles. The molecule has 0 fully saturated rings. The number of anilines is 6. The molecule has 0 N–H and O–H groups in total. The highest BCUT2D eigenvalue weighted by atomic mass is 32.1. The van der Waals surface area contributed by atoms with E-state index in [0.29, 0.717) is 0 Å².